The zero-order valence-electron chi connectivity index (χ0n) is 23.7. The molecule has 3 atom stereocenters. The maximum atomic E-state index is 12.9. The quantitative estimate of drug-likeness (QED) is 0.393. The highest BCUT2D eigenvalue weighted by Gasteiger charge is 2.38. The Morgan fingerprint density at radius 1 is 1.07 bits per heavy atom. The Hall–Kier alpha value is -3.71. The molecule has 0 aliphatic carbocycles. The van der Waals surface area contributed by atoms with Crippen LogP contribution in [0.5, 0.6) is 5.75 Å². The van der Waals surface area contributed by atoms with Gasteiger partial charge in [-0.2, -0.15) is 13.7 Å². The number of carbonyl (C=O) groups excluding carboxylic acids is 1. The molecule has 0 bridgehead atoms. The molecule has 2 fully saturated rings. The molecule has 3 aromatic rings. The SMILES string of the molecule is Cc1cc(OCc2ccccc2)cc(C)c1[C@@H]1CN[C@H](C(=O)N2CCC[C@H]2C#N)C1.Cc1ccc(S(=O)(=O)O)cc1. The molecule has 2 N–H and O–H groups in total. The Kier molecular flexibility index (Phi) is 9.81. The lowest BCUT2D eigenvalue weighted by Crippen LogP contribution is -2.45. The third-order valence-corrected chi connectivity index (χ3v) is 8.52. The minimum Gasteiger partial charge on any atom is -0.489 e. The maximum Gasteiger partial charge on any atom is 0.294 e. The number of carbonyl (C=O) groups is 1. The highest BCUT2D eigenvalue weighted by atomic mass is 32.2. The maximum absolute atomic E-state index is 12.9. The molecule has 2 heterocycles. The number of hydrogen-bond donors (Lipinski definition) is 2. The molecule has 0 unspecified atom stereocenters. The Morgan fingerprint density at radius 2 is 1.73 bits per heavy atom. The van der Waals surface area contributed by atoms with Gasteiger partial charge in [0.15, 0.2) is 0 Å². The largest absolute Gasteiger partial charge is 0.489 e. The van der Waals surface area contributed by atoms with Gasteiger partial charge in [0.25, 0.3) is 10.1 Å². The van der Waals surface area contributed by atoms with Gasteiger partial charge in [-0.05, 0) is 92.5 Å². The summed E-state index contributed by atoms with van der Waals surface area (Å²) in [7, 11) is -4.02. The summed E-state index contributed by atoms with van der Waals surface area (Å²) in [5, 5.41) is 12.7. The topological polar surface area (TPSA) is 120 Å². The summed E-state index contributed by atoms with van der Waals surface area (Å²) in [6, 6.07) is 22.2. The Labute approximate surface area is 242 Å². The first-order valence-electron chi connectivity index (χ1n) is 13.8. The monoisotopic (exact) mass is 575 g/mol. The minimum atomic E-state index is -4.02. The molecule has 2 saturated heterocycles. The molecule has 216 valence electrons. The number of rotatable bonds is 6. The number of aryl methyl sites for hydroxylation is 3. The number of amides is 1. The van der Waals surface area contributed by atoms with E-state index in [0.29, 0.717) is 19.1 Å². The van der Waals surface area contributed by atoms with Crippen LogP contribution >= 0.6 is 0 Å². The normalized spacial score (nSPS) is 20.2. The van der Waals surface area contributed by atoms with Crippen LogP contribution in [-0.2, 0) is 21.5 Å². The average molecular weight is 576 g/mol. The van der Waals surface area contributed by atoms with Crippen molar-refractivity contribution >= 4 is 16.0 Å². The average Bonchev–Trinajstić information content (AvgIpc) is 3.62. The van der Waals surface area contributed by atoms with Gasteiger partial charge in [0.2, 0.25) is 5.91 Å². The Bertz CT molecular complexity index is 1480. The van der Waals surface area contributed by atoms with Gasteiger partial charge in [-0.1, -0.05) is 48.0 Å². The van der Waals surface area contributed by atoms with Crippen LogP contribution in [0.4, 0.5) is 0 Å². The first kappa shape index (κ1) is 30.3. The fourth-order valence-corrected chi connectivity index (χ4v) is 6.10. The van der Waals surface area contributed by atoms with Gasteiger partial charge < -0.3 is 15.0 Å². The molecule has 2 aliphatic heterocycles. The fourth-order valence-electron chi connectivity index (χ4n) is 5.62. The molecule has 9 heteroatoms. The lowest BCUT2D eigenvalue weighted by Gasteiger charge is -2.23. The van der Waals surface area contributed by atoms with Gasteiger partial charge in [-0.3, -0.25) is 9.35 Å². The predicted octanol–water partition coefficient (Wildman–Crippen LogP) is 5.08. The molecule has 0 saturated carbocycles. The summed E-state index contributed by atoms with van der Waals surface area (Å²) >= 11 is 0. The van der Waals surface area contributed by atoms with Crippen molar-refractivity contribution < 1.29 is 22.5 Å². The number of likely N-dealkylation sites (tertiary alicyclic amines) is 1. The van der Waals surface area contributed by atoms with Crippen LogP contribution in [0.25, 0.3) is 0 Å². The van der Waals surface area contributed by atoms with Crippen LogP contribution in [0.1, 0.15) is 53.0 Å². The molecule has 8 nitrogen and oxygen atoms in total. The van der Waals surface area contributed by atoms with Crippen molar-refractivity contribution in [1.29, 1.82) is 5.26 Å². The zero-order chi connectivity index (χ0) is 29.6. The summed E-state index contributed by atoms with van der Waals surface area (Å²) in [5.41, 5.74) is 5.82. The Morgan fingerprint density at radius 3 is 2.34 bits per heavy atom. The van der Waals surface area contributed by atoms with Gasteiger partial charge in [-0.25, -0.2) is 0 Å². The van der Waals surface area contributed by atoms with E-state index in [-0.39, 0.29) is 22.9 Å². The van der Waals surface area contributed by atoms with Crippen molar-refractivity contribution in [3.05, 3.63) is 94.5 Å². The molecule has 1 amide bonds. The number of nitriles is 1. The fraction of sp³-hybridized carbons (Fsp3) is 0.375. The second kappa shape index (κ2) is 13.3. The molecule has 0 radical (unpaired) electrons. The lowest BCUT2D eigenvalue weighted by molar-refractivity contribution is -0.133. The third-order valence-electron chi connectivity index (χ3n) is 7.66. The van der Waals surface area contributed by atoms with E-state index in [0.717, 1.165) is 42.7 Å². The summed E-state index contributed by atoms with van der Waals surface area (Å²) in [4.78, 5) is 14.6. The molecule has 3 aromatic carbocycles. The van der Waals surface area contributed by atoms with Crippen molar-refractivity contribution in [2.45, 2.75) is 69.5 Å². The summed E-state index contributed by atoms with van der Waals surface area (Å²) in [5.74, 6) is 1.26. The summed E-state index contributed by atoms with van der Waals surface area (Å²) < 4.78 is 35.6. The van der Waals surface area contributed by atoms with E-state index in [2.05, 4.69) is 49.5 Å². The van der Waals surface area contributed by atoms with E-state index >= 15 is 0 Å². The molecule has 0 spiro atoms. The summed E-state index contributed by atoms with van der Waals surface area (Å²) in [6.45, 7) is 8.13. The molecular formula is C32H37N3O5S. The van der Waals surface area contributed by atoms with E-state index < -0.39 is 10.1 Å². The second-order valence-electron chi connectivity index (χ2n) is 10.7. The van der Waals surface area contributed by atoms with Crippen LogP contribution in [0.3, 0.4) is 0 Å². The van der Waals surface area contributed by atoms with Crippen molar-refractivity contribution in [1.82, 2.24) is 10.2 Å². The number of ether oxygens (including phenoxy) is 1. The van der Waals surface area contributed by atoms with Crippen LogP contribution in [0.15, 0.2) is 71.6 Å². The van der Waals surface area contributed by atoms with Crippen molar-refractivity contribution in [2.24, 2.45) is 0 Å². The van der Waals surface area contributed by atoms with Gasteiger partial charge in [0.05, 0.1) is 17.0 Å². The minimum absolute atomic E-state index is 0.0666. The summed E-state index contributed by atoms with van der Waals surface area (Å²) in [6.07, 6.45) is 2.49. The van der Waals surface area contributed by atoms with Gasteiger partial charge in [-0.15, -0.1) is 0 Å². The van der Waals surface area contributed by atoms with Gasteiger partial charge in [0.1, 0.15) is 18.4 Å². The van der Waals surface area contributed by atoms with E-state index in [1.54, 1.807) is 17.0 Å². The van der Waals surface area contributed by atoms with Gasteiger partial charge in [0, 0.05) is 13.1 Å². The lowest BCUT2D eigenvalue weighted by atomic mass is 9.88. The zero-order valence-corrected chi connectivity index (χ0v) is 24.5. The first-order chi connectivity index (χ1) is 19.6. The number of benzene rings is 3. The van der Waals surface area contributed by atoms with Crippen LogP contribution in [0, 0.1) is 32.1 Å². The van der Waals surface area contributed by atoms with Crippen LogP contribution in [0.2, 0.25) is 0 Å². The highest BCUT2D eigenvalue weighted by molar-refractivity contribution is 7.85. The molecule has 2 aliphatic rings. The standard InChI is InChI=1S/C25H29N3O2.C7H8O3S/c1-17-11-22(30-16-19-7-4-3-5-8-19)12-18(2)24(17)20-13-23(27-15-20)25(29)28-10-6-9-21(28)14-26;1-6-2-4-7(5-3-6)11(8,9)10/h3-5,7-8,11-12,20-21,23,27H,6,9-10,13,15-16H2,1-2H3;2-5H,1H3,(H,8,9,10)/t20-,21-,23-;/m0./s1. The van der Waals surface area contributed by atoms with E-state index in [9.17, 15) is 18.5 Å². The van der Waals surface area contributed by atoms with Crippen molar-refractivity contribution in [3.8, 4) is 11.8 Å². The highest BCUT2D eigenvalue weighted by Crippen LogP contribution is 2.34. The van der Waals surface area contributed by atoms with Crippen molar-refractivity contribution in [3.63, 3.8) is 0 Å². The van der Waals surface area contributed by atoms with Crippen LogP contribution < -0.4 is 10.1 Å². The van der Waals surface area contributed by atoms with E-state index in [4.69, 9.17) is 9.29 Å². The molecule has 41 heavy (non-hydrogen) atoms. The van der Waals surface area contributed by atoms with Crippen molar-refractivity contribution in [2.75, 3.05) is 13.1 Å². The van der Waals surface area contributed by atoms with E-state index in [1.807, 2.05) is 25.1 Å². The van der Waals surface area contributed by atoms with Crippen LogP contribution in [-0.4, -0.2) is 49.0 Å². The number of nitrogens with zero attached hydrogens (tertiary/aromatic N) is 2. The number of hydrogen-bond acceptors (Lipinski definition) is 6. The molecule has 0 aromatic heterocycles. The smallest absolute Gasteiger partial charge is 0.294 e. The van der Waals surface area contributed by atoms with E-state index in [1.165, 1.54) is 28.8 Å². The Balaban J connectivity index is 0.000000296. The third kappa shape index (κ3) is 7.73. The van der Waals surface area contributed by atoms with Gasteiger partial charge >= 0.3 is 0 Å². The second-order valence-corrected chi connectivity index (χ2v) is 12.2. The first-order valence-corrected chi connectivity index (χ1v) is 15.3. The molecule has 5 rings (SSSR count). The predicted molar refractivity (Wildman–Crippen MR) is 157 cm³/mol. The number of nitrogens with one attached hydrogen (secondary N) is 1. The molecular weight excluding hydrogens is 538 g/mol.